The van der Waals surface area contributed by atoms with E-state index < -0.39 is 17.5 Å². The number of piperazine rings is 1. The molecule has 1 amide bonds. The topological polar surface area (TPSA) is 35.6 Å². The molecule has 1 saturated heterocycles. The van der Waals surface area contributed by atoms with Gasteiger partial charge in [0.15, 0.2) is 0 Å². The first kappa shape index (κ1) is 19.2. The van der Waals surface area contributed by atoms with Gasteiger partial charge in [0.05, 0.1) is 0 Å². The van der Waals surface area contributed by atoms with Crippen LogP contribution in [0.15, 0.2) is 48.5 Å². The molecule has 0 atom stereocenters. The number of benzene rings is 2. The minimum Gasteiger partial charge on any atom is -0.323 e. The van der Waals surface area contributed by atoms with Crippen molar-refractivity contribution >= 4 is 17.7 Å². The maximum Gasteiger partial charge on any atom is 0.248 e. The molecule has 3 rings (SSSR count). The smallest absolute Gasteiger partial charge is 0.248 e. The second-order valence-electron chi connectivity index (χ2n) is 6.74. The molecule has 2 aromatic rings. The van der Waals surface area contributed by atoms with Crippen LogP contribution in [-0.2, 0) is 11.3 Å². The van der Waals surface area contributed by atoms with E-state index in [0.717, 1.165) is 62.6 Å². The third kappa shape index (κ3) is 5.45. The fourth-order valence-electron chi connectivity index (χ4n) is 3.02. The number of halogens is 2. The summed E-state index contributed by atoms with van der Waals surface area (Å²) >= 11 is 0. The van der Waals surface area contributed by atoms with Crippen molar-refractivity contribution in [3.05, 3.63) is 71.3 Å². The lowest BCUT2D eigenvalue weighted by Crippen LogP contribution is -2.43. The van der Waals surface area contributed by atoms with Crippen LogP contribution >= 0.6 is 0 Å². The van der Waals surface area contributed by atoms with Crippen molar-refractivity contribution in [3.63, 3.8) is 0 Å². The molecular weight excluding hydrogens is 348 g/mol. The highest BCUT2D eigenvalue weighted by Crippen LogP contribution is 2.16. The van der Waals surface area contributed by atoms with Crippen molar-refractivity contribution < 1.29 is 13.6 Å². The predicted molar refractivity (Wildman–Crippen MR) is 103 cm³/mol. The van der Waals surface area contributed by atoms with Crippen molar-refractivity contribution in [1.82, 2.24) is 9.80 Å². The monoisotopic (exact) mass is 371 g/mol. The van der Waals surface area contributed by atoms with Gasteiger partial charge in [-0.15, -0.1) is 0 Å². The minimum atomic E-state index is -0.701. The van der Waals surface area contributed by atoms with Gasteiger partial charge in [0.1, 0.15) is 11.6 Å². The molecule has 0 aromatic heterocycles. The lowest BCUT2D eigenvalue weighted by atomic mass is 10.1. The van der Waals surface area contributed by atoms with Crippen molar-refractivity contribution in [2.45, 2.75) is 6.54 Å². The van der Waals surface area contributed by atoms with Gasteiger partial charge in [-0.25, -0.2) is 8.78 Å². The lowest BCUT2D eigenvalue weighted by Gasteiger charge is -2.32. The molecule has 4 nitrogen and oxygen atoms in total. The Bertz CT molecular complexity index is 810. The van der Waals surface area contributed by atoms with Gasteiger partial charge in [0.2, 0.25) is 5.91 Å². The Morgan fingerprint density at radius 2 is 1.74 bits per heavy atom. The van der Waals surface area contributed by atoms with Crippen LogP contribution in [0.25, 0.3) is 6.08 Å². The van der Waals surface area contributed by atoms with Gasteiger partial charge in [-0.05, 0) is 43.0 Å². The molecule has 1 aliphatic rings. The van der Waals surface area contributed by atoms with Crippen molar-refractivity contribution in [2.75, 3.05) is 38.5 Å². The second-order valence-corrected chi connectivity index (χ2v) is 6.74. The maximum absolute atomic E-state index is 13.6. The van der Waals surface area contributed by atoms with E-state index in [-0.39, 0.29) is 5.56 Å². The number of hydrogen-bond acceptors (Lipinski definition) is 3. The molecule has 2 aromatic carbocycles. The fraction of sp³-hybridized carbons (Fsp3) is 0.286. The number of anilines is 1. The molecule has 1 fully saturated rings. The molecule has 0 unspecified atom stereocenters. The van der Waals surface area contributed by atoms with Gasteiger partial charge in [0, 0.05) is 50.1 Å². The van der Waals surface area contributed by atoms with Gasteiger partial charge in [-0.3, -0.25) is 9.69 Å². The molecule has 1 heterocycles. The molecule has 0 radical (unpaired) electrons. The first-order valence-electron chi connectivity index (χ1n) is 8.94. The van der Waals surface area contributed by atoms with Crippen LogP contribution in [0, 0.1) is 11.6 Å². The van der Waals surface area contributed by atoms with Gasteiger partial charge >= 0.3 is 0 Å². The summed E-state index contributed by atoms with van der Waals surface area (Å²) in [6.07, 6.45) is 2.28. The van der Waals surface area contributed by atoms with E-state index in [1.54, 1.807) is 6.07 Å². The highest BCUT2D eigenvalue weighted by atomic mass is 19.1. The number of nitrogens with one attached hydrogen (secondary N) is 1. The summed E-state index contributed by atoms with van der Waals surface area (Å²) in [5.74, 6) is -1.84. The molecule has 1 aliphatic heterocycles. The summed E-state index contributed by atoms with van der Waals surface area (Å²) in [7, 11) is 2.12. The fourth-order valence-corrected chi connectivity index (χ4v) is 3.02. The van der Waals surface area contributed by atoms with Gasteiger partial charge < -0.3 is 10.2 Å². The standard InChI is InChI=1S/C21H23F2N3O/c1-25-10-12-26(13-11-25)15-16-4-2-5-17(14-16)24-21(27)9-8-18-19(22)6-3-7-20(18)23/h2-9,14H,10-13,15H2,1H3,(H,24,27)/b9-8-. The molecule has 0 aliphatic carbocycles. The van der Waals surface area contributed by atoms with Crippen LogP contribution in [0.2, 0.25) is 0 Å². The SMILES string of the molecule is CN1CCN(Cc2cccc(NC(=O)/C=C\c3c(F)cccc3F)c2)CC1. The summed E-state index contributed by atoms with van der Waals surface area (Å²) in [6.45, 7) is 4.96. The zero-order chi connectivity index (χ0) is 19.2. The minimum absolute atomic E-state index is 0.225. The van der Waals surface area contributed by atoms with Crippen molar-refractivity contribution in [1.29, 1.82) is 0 Å². The molecular formula is C21H23F2N3O. The maximum atomic E-state index is 13.6. The lowest BCUT2D eigenvalue weighted by molar-refractivity contribution is -0.111. The summed E-state index contributed by atoms with van der Waals surface area (Å²) < 4.78 is 27.2. The van der Waals surface area contributed by atoms with Crippen LogP contribution in [-0.4, -0.2) is 48.9 Å². The Labute approximate surface area is 158 Å². The Kier molecular flexibility index (Phi) is 6.32. The molecule has 0 spiro atoms. The summed E-state index contributed by atoms with van der Waals surface area (Å²) in [4.78, 5) is 16.8. The van der Waals surface area contributed by atoms with E-state index in [1.807, 2.05) is 18.2 Å². The number of nitrogens with zero attached hydrogens (tertiary/aromatic N) is 2. The van der Waals surface area contributed by atoms with E-state index >= 15 is 0 Å². The molecule has 27 heavy (non-hydrogen) atoms. The number of carbonyl (C=O) groups is 1. The molecule has 6 heteroatoms. The quantitative estimate of drug-likeness (QED) is 0.819. The highest BCUT2D eigenvalue weighted by Gasteiger charge is 2.14. The van der Waals surface area contributed by atoms with Crippen LogP contribution in [0.1, 0.15) is 11.1 Å². The Balaban J connectivity index is 1.60. The van der Waals surface area contributed by atoms with E-state index in [4.69, 9.17) is 0 Å². The normalized spacial score (nSPS) is 16.0. The van der Waals surface area contributed by atoms with E-state index in [2.05, 4.69) is 22.2 Å². The Morgan fingerprint density at radius 3 is 2.44 bits per heavy atom. The van der Waals surface area contributed by atoms with E-state index in [1.165, 1.54) is 6.07 Å². The molecule has 1 N–H and O–H groups in total. The number of rotatable bonds is 5. The Hall–Kier alpha value is -2.57. The van der Waals surface area contributed by atoms with Crippen LogP contribution < -0.4 is 5.32 Å². The number of likely N-dealkylation sites (N-methyl/N-ethyl adjacent to an activating group) is 1. The summed E-state index contributed by atoms with van der Waals surface area (Å²) in [5.41, 5.74) is 1.54. The average molecular weight is 371 g/mol. The second kappa shape index (κ2) is 8.88. The number of carbonyl (C=O) groups excluding carboxylic acids is 1. The van der Waals surface area contributed by atoms with Gasteiger partial charge in [-0.1, -0.05) is 18.2 Å². The van der Waals surface area contributed by atoms with Gasteiger partial charge in [0.25, 0.3) is 0 Å². The largest absolute Gasteiger partial charge is 0.323 e. The third-order valence-corrected chi connectivity index (χ3v) is 4.60. The average Bonchev–Trinajstić information content (AvgIpc) is 2.63. The summed E-state index contributed by atoms with van der Waals surface area (Å²) in [6, 6.07) is 11.2. The van der Waals surface area contributed by atoms with Crippen molar-refractivity contribution in [2.24, 2.45) is 0 Å². The van der Waals surface area contributed by atoms with E-state index in [0.29, 0.717) is 5.69 Å². The Morgan fingerprint density at radius 1 is 1.07 bits per heavy atom. The first-order valence-corrected chi connectivity index (χ1v) is 8.94. The number of hydrogen-bond donors (Lipinski definition) is 1. The van der Waals surface area contributed by atoms with Crippen LogP contribution in [0.3, 0.4) is 0 Å². The van der Waals surface area contributed by atoms with Crippen LogP contribution in [0.5, 0.6) is 0 Å². The molecule has 0 bridgehead atoms. The van der Waals surface area contributed by atoms with Gasteiger partial charge in [-0.2, -0.15) is 0 Å². The predicted octanol–water partition coefficient (Wildman–Crippen LogP) is 3.36. The number of amides is 1. The zero-order valence-electron chi connectivity index (χ0n) is 15.3. The summed E-state index contributed by atoms with van der Waals surface area (Å²) in [5, 5.41) is 2.74. The van der Waals surface area contributed by atoms with E-state index in [9.17, 15) is 13.6 Å². The zero-order valence-corrected chi connectivity index (χ0v) is 15.3. The van der Waals surface area contributed by atoms with Crippen molar-refractivity contribution in [3.8, 4) is 0 Å². The highest BCUT2D eigenvalue weighted by molar-refractivity contribution is 6.02. The molecule has 142 valence electrons. The third-order valence-electron chi connectivity index (χ3n) is 4.60. The van der Waals surface area contributed by atoms with Crippen LogP contribution in [0.4, 0.5) is 14.5 Å². The molecule has 0 saturated carbocycles. The first-order chi connectivity index (χ1) is 13.0.